The predicted octanol–water partition coefficient (Wildman–Crippen LogP) is 4.63. The normalized spacial score (nSPS) is 11.3. The second-order valence-corrected chi connectivity index (χ2v) is 7.60. The van der Waals surface area contributed by atoms with Crippen LogP contribution >= 0.6 is 11.6 Å². The maximum absolute atomic E-state index is 12.3. The lowest BCUT2D eigenvalue weighted by atomic mass is 10.1. The van der Waals surface area contributed by atoms with Crippen molar-refractivity contribution in [3.05, 3.63) is 52.3 Å². The number of rotatable bonds is 8. The Kier molecular flexibility index (Phi) is 8.02. The Morgan fingerprint density at radius 3 is 2.38 bits per heavy atom. The third-order valence-electron chi connectivity index (χ3n) is 4.50. The lowest BCUT2D eigenvalue weighted by molar-refractivity contribution is -0.111. The summed E-state index contributed by atoms with van der Waals surface area (Å²) in [6.45, 7) is 12.0. The Morgan fingerprint density at radius 1 is 1.21 bits per heavy atom. The van der Waals surface area contributed by atoms with Crippen LogP contribution < -0.4 is 5.32 Å². The number of hydrogen-bond acceptors (Lipinski definition) is 3. The van der Waals surface area contributed by atoms with Gasteiger partial charge in [0.2, 0.25) is 5.91 Å². The van der Waals surface area contributed by atoms with Crippen LogP contribution in [0.4, 0.5) is 5.69 Å². The van der Waals surface area contributed by atoms with E-state index in [1.165, 1.54) is 6.08 Å². The second-order valence-electron chi connectivity index (χ2n) is 7.24. The number of carbonyl (C=O) groups excluding carboxylic acids is 2. The summed E-state index contributed by atoms with van der Waals surface area (Å²) in [4.78, 5) is 26.4. The summed E-state index contributed by atoms with van der Waals surface area (Å²) in [5.74, 6) is 0.125. The van der Waals surface area contributed by atoms with Gasteiger partial charge >= 0.3 is 0 Å². The van der Waals surface area contributed by atoms with Gasteiger partial charge in [-0.25, -0.2) is 0 Å². The van der Waals surface area contributed by atoms with Crippen LogP contribution in [0.1, 0.15) is 49.3 Å². The number of anilines is 1. The first-order valence-corrected chi connectivity index (χ1v) is 10.3. The summed E-state index contributed by atoms with van der Waals surface area (Å²) in [5, 5.41) is 7.75. The molecule has 2 rings (SSSR count). The Hall–Kier alpha value is -2.60. The van der Waals surface area contributed by atoms with Crippen LogP contribution in [-0.2, 0) is 11.3 Å². The number of benzene rings is 1. The second kappa shape index (κ2) is 10.3. The van der Waals surface area contributed by atoms with Gasteiger partial charge in [-0.1, -0.05) is 25.4 Å². The number of nitrogens with zero attached hydrogens (tertiary/aromatic N) is 3. The molecule has 0 bridgehead atoms. The third kappa shape index (κ3) is 5.94. The number of carbonyl (C=O) groups is 2. The Balaban J connectivity index is 2.04. The summed E-state index contributed by atoms with van der Waals surface area (Å²) >= 11 is 6.40. The molecule has 0 aliphatic carbocycles. The van der Waals surface area contributed by atoms with Gasteiger partial charge in [0.15, 0.2) is 0 Å². The minimum Gasteiger partial charge on any atom is -0.339 e. The van der Waals surface area contributed by atoms with Crippen LogP contribution in [0.25, 0.3) is 6.08 Å². The minimum absolute atomic E-state index is 0.0173. The van der Waals surface area contributed by atoms with Gasteiger partial charge < -0.3 is 10.2 Å². The quantitative estimate of drug-likeness (QED) is 0.637. The lowest BCUT2D eigenvalue weighted by Crippen LogP contribution is -2.30. The predicted molar refractivity (Wildman–Crippen MR) is 118 cm³/mol. The fourth-order valence-corrected chi connectivity index (χ4v) is 3.26. The molecule has 0 saturated heterocycles. The van der Waals surface area contributed by atoms with Crippen molar-refractivity contribution in [3.63, 3.8) is 0 Å². The molecule has 0 spiro atoms. The molecular formula is C22H29ClN4O2. The molecule has 0 atom stereocenters. The summed E-state index contributed by atoms with van der Waals surface area (Å²) in [6.07, 6.45) is 3.11. The van der Waals surface area contributed by atoms with Gasteiger partial charge in [-0.05, 0) is 57.0 Å². The van der Waals surface area contributed by atoms with Gasteiger partial charge in [0, 0.05) is 42.5 Å². The van der Waals surface area contributed by atoms with E-state index in [-0.39, 0.29) is 11.8 Å². The molecule has 6 nitrogen and oxygen atoms in total. The highest BCUT2D eigenvalue weighted by atomic mass is 35.5. The summed E-state index contributed by atoms with van der Waals surface area (Å²) in [6, 6.07) is 6.89. The first-order chi connectivity index (χ1) is 13.8. The average Bonchev–Trinajstić information content (AvgIpc) is 2.94. The van der Waals surface area contributed by atoms with Gasteiger partial charge in [-0.2, -0.15) is 5.10 Å². The fourth-order valence-electron chi connectivity index (χ4n) is 2.96. The standard InChI is InChI=1S/C22H29ClN4O2/c1-6-26(7-2)22(29)17-8-10-18(11-9-17)24-20(28)13-12-19-16(5)25-27(21(19)23)14-15(3)4/h8-13,15H,6-7,14H2,1-5H3,(H,24,28)/b13-12+. The van der Waals surface area contributed by atoms with Crippen molar-refractivity contribution >= 4 is 35.2 Å². The first-order valence-electron chi connectivity index (χ1n) is 9.88. The zero-order valence-corrected chi connectivity index (χ0v) is 18.5. The molecule has 0 saturated carbocycles. The number of halogens is 1. The van der Waals surface area contributed by atoms with Crippen LogP contribution in [0.3, 0.4) is 0 Å². The van der Waals surface area contributed by atoms with Crippen molar-refractivity contribution in [3.8, 4) is 0 Å². The number of hydrogen-bond donors (Lipinski definition) is 1. The van der Waals surface area contributed by atoms with E-state index in [1.54, 1.807) is 39.9 Å². The van der Waals surface area contributed by atoms with E-state index in [1.807, 2.05) is 20.8 Å². The van der Waals surface area contributed by atoms with Crippen molar-refractivity contribution in [2.24, 2.45) is 5.92 Å². The van der Waals surface area contributed by atoms with E-state index in [0.717, 1.165) is 17.8 Å². The van der Waals surface area contributed by atoms with Crippen molar-refractivity contribution in [1.29, 1.82) is 0 Å². The zero-order valence-electron chi connectivity index (χ0n) is 17.7. The molecule has 1 aromatic carbocycles. The van der Waals surface area contributed by atoms with Gasteiger partial charge in [-0.3, -0.25) is 14.3 Å². The SMILES string of the molecule is CCN(CC)C(=O)c1ccc(NC(=O)/C=C/c2c(C)nn(CC(C)C)c2Cl)cc1. The van der Waals surface area contributed by atoms with Crippen LogP contribution in [0.5, 0.6) is 0 Å². The van der Waals surface area contributed by atoms with Crippen molar-refractivity contribution in [2.75, 3.05) is 18.4 Å². The van der Waals surface area contributed by atoms with Crippen LogP contribution in [0.15, 0.2) is 30.3 Å². The Bertz CT molecular complexity index is 881. The van der Waals surface area contributed by atoms with Gasteiger partial charge in [0.25, 0.3) is 5.91 Å². The van der Waals surface area contributed by atoms with Gasteiger partial charge in [0.05, 0.1) is 5.69 Å². The van der Waals surface area contributed by atoms with E-state index in [9.17, 15) is 9.59 Å². The van der Waals surface area contributed by atoms with E-state index in [2.05, 4.69) is 24.3 Å². The molecule has 0 fully saturated rings. The van der Waals surface area contributed by atoms with Crippen molar-refractivity contribution < 1.29 is 9.59 Å². The smallest absolute Gasteiger partial charge is 0.253 e. The molecule has 2 aromatic rings. The Morgan fingerprint density at radius 2 is 1.83 bits per heavy atom. The Labute approximate surface area is 177 Å². The van der Waals surface area contributed by atoms with Crippen molar-refractivity contribution in [1.82, 2.24) is 14.7 Å². The molecule has 0 aliphatic rings. The minimum atomic E-state index is -0.278. The molecule has 156 valence electrons. The highest BCUT2D eigenvalue weighted by molar-refractivity contribution is 6.31. The maximum atomic E-state index is 12.3. The number of amides is 2. The summed E-state index contributed by atoms with van der Waals surface area (Å²) in [7, 11) is 0. The molecule has 7 heteroatoms. The molecule has 1 heterocycles. The number of aromatic nitrogens is 2. The molecule has 1 aromatic heterocycles. The molecule has 1 N–H and O–H groups in total. The number of nitrogens with one attached hydrogen (secondary N) is 1. The van der Waals surface area contributed by atoms with Crippen LogP contribution in [0.2, 0.25) is 5.15 Å². The summed E-state index contributed by atoms with van der Waals surface area (Å²) in [5.41, 5.74) is 2.73. The maximum Gasteiger partial charge on any atom is 0.253 e. The molecular weight excluding hydrogens is 388 g/mol. The molecule has 2 amide bonds. The largest absolute Gasteiger partial charge is 0.339 e. The van der Waals surface area contributed by atoms with Crippen LogP contribution in [-0.4, -0.2) is 39.6 Å². The first kappa shape index (κ1) is 22.7. The van der Waals surface area contributed by atoms with E-state index in [4.69, 9.17) is 11.6 Å². The molecule has 0 radical (unpaired) electrons. The molecule has 29 heavy (non-hydrogen) atoms. The monoisotopic (exact) mass is 416 g/mol. The van der Waals surface area contributed by atoms with Crippen LogP contribution in [0, 0.1) is 12.8 Å². The third-order valence-corrected chi connectivity index (χ3v) is 4.90. The van der Waals surface area contributed by atoms with Crippen molar-refractivity contribution in [2.45, 2.75) is 41.2 Å². The lowest BCUT2D eigenvalue weighted by Gasteiger charge is -2.18. The molecule has 0 aliphatic heterocycles. The van der Waals surface area contributed by atoms with E-state index >= 15 is 0 Å². The topological polar surface area (TPSA) is 67.2 Å². The van der Waals surface area contributed by atoms with E-state index < -0.39 is 0 Å². The van der Waals surface area contributed by atoms with Gasteiger partial charge in [0.1, 0.15) is 5.15 Å². The number of aryl methyl sites for hydroxylation is 1. The van der Waals surface area contributed by atoms with Gasteiger partial charge in [-0.15, -0.1) is 0 Å². The fraction of sp³-hybridized carbons (Fsp3) is 0.409. The highest BCUT2D eigenvalue weighted by Crippen LogP contribution is 2.22. The zero-order chi connectivity index (χ0) is 21.6. The average molecular weight is 417 g/mol. The molecule has 0 unspecified atom stereocenters. The highest BCUT2D eigenvalue weighted by Gasteiger charge is 2.13. The van der Waals surface area contributed by atoms with E-state index in [0.29, 0.717) is 35.4 Å². The summed E-state index contributed by atoms with van der Waals surface area (Å²) < 4.78 is 1.75.